The lowest BCUT2D eigenvalue weighted by Gasteiger charge is -2.08. The molecule has 0 radical (unpaired) electrons. The van der Waals surface area contributed by atoms with Crippen molar-refractivity contribution in [1.82, 2.24) is 9.97 Å². The molecule has 3 rings (SSSR count). The second-order valence-electron chi connectivity index (χ2n) is 6.18. The number of rotatable bonds is 6. The number of halogens is 3. The van der Waals surface area contributed by atoms with Gasteiger partial charge in [-0.3, -0.25) is 0 Å². The van der Waals surface area contributed by atoms with Crippen molar-refractivity contribution in [1.29, 1.82) is 0 Å². The molecule has 0 aliphatic rings. The maximum atomic E-state index is 14.4. The Kier molecular flexibility index (Phi) is 6.31. The van der Waals surface area contributed by atoms with E-state index in [1.165, 1.54) is 24.3 Å². The number of aromatic nitrogens is 2. The predicted octanol–water partition coefficient (Wildman–Crippen LogP) is 5.64. The van der Waals surface area contributed by atoms with Crippen LogP contribution in [0.4, 0.5) is 8.78 Å². The minimum Gasteiger partial charge on any atom is -0.423 e. The zero-order chi connectivity index (χ0) is 20.1. The second kappa shape index (κ2) is 8.89. The van der Waals surface area contributed by atoms with Gasteiger partial charge in [-0.1, -0.05) is 24.9 Å². The van der Waals surface area contributed by atoms with Crippen LogP contribution in [0.3, 0.4) is 0 Å². The van der Waals surface area contributed by atoms with Gasteiger partial charge in [0.25, 0.3) is 0 Å². The molecule has 1 aromatic heterocycles. The van der Waals surface area contributed by atoms with E-state index in [2.05, 4.69) is 16.9 Å². The van der Waals surface area contributed by atoms with E-state index < -0.39 is 23.2 Å². The van der Waals surface area contributed by atoms with Gasteiger partial charge in [-0.15, -0.1) is 0 Å². The quantitative estimate of drug-likeness (QED) is 0.395. The molecule has 144 valence electrons. The van der Waals surface area contributed by atoms with E-state index in [9.17, 15) is 13.6 Å². The van der Waals surface area contributed by atoms with Crippen molar-refractivity contribution in [2.75, 3.05) is 0 Å². The summed E-state index contributed by atoms with van der Waals surface area (Å²) in [6.45, 7) is 2.08. The average Bonchev–Trinajstić information content (AvgIpc) is 2.68. The summed E-state index contributed by atoms with van der Waals surface area (Å²) in [4.78, 5) is 20.5. The highest BCUT2D eigenvalue weighted by Crippen LogP contribution is 2.24. The maximum absolute atomic E-state index is 14.4. The van der Waals surface area contributed by atoms with E-state index in [4.69, 9.17) is 16.3 Å². The summed E-state index contributed by atoms with van der Waals surface area (Å²) in [6.07, 6.45) is 6.17. The van der Waals surface area contributed by atoms with Gasteiger partial charge in [-0.05, 0) is 54.8 Å². The SMILES string of the molecule is CCCCc1cnc(-c2cc(F)c(C(=O)Oc3ccc(Cl)cc3)c(F)c2)nc1. The van der Waals surface area contributed by atoms with Crippen LogP contribution in [-0.2, 0) is 6.42 Å². The summed E-state index contributed by atoms with van der Waals surface area (Å²) >= 11 is 5.75. The topological polar surface area (TPSA) is 52.1 Å². The summed E-state index contributed by atoms with van der Waals surface area (Å²) < 4.78 is 33.9. The molecular formula is C21H17ClF2N2O2. The minimum atomic E-state index is -1.14. The van der Waals surface area contributed by atoms with Gasteiger partial charge in [0.2, 0.25) is 0 Å². The van der Waals surface area contributed by atoms with Crippen LogP contribution in [0.5, 0.6) is 5.75 Å². The number of carbonyl (C=O) groups is 1. The third kappa shape index (κ3) is 4.70. The molecular weight excluding hydrogens is 386 g/mol. The first-order valence-corrected chi connectivity index (χ1v) is 9.13. The first-order chi connectivity index (χ1) is 13.5. The molecule has 0 spiro atoms. The monoisotopic (exact) mass is 402 g/mol. The number of hydrogen-bond donors (Lipinski definition) is 0. The number of nitrogens with zero attached hydrogens (tertiary/aromatic N) is 2. The van der Waals surface area contributed by atoms with E-state index in [1.807, 2.05) is 0 Å². The Hall–Kier alpha value is -2.86. The Morgan fingerprint density at radius 2 is 1.68 bits per heavy atom. The summed E-state index contributed by atoms with van der Waals surface area (Å²) in [6, 6.07) is 7.89. The van der Waals surface area contributed by atoms with Crippen LogP contribution in [0.1, 0.15) is 35.7 Å². The third-order valence-electron chi connectivity index (χ3n) is 4.05. The fourth-order valence-corrected chi connectivity index (χ4v) is 2.70. The zero-order valence-corrected chi connectivity index (χ0v) is 15.8. The molecule has 0 aliphatic heterocycles. The van der Waals surface area contributed by atoms with Crippen LogP contribution >= 0.6 is 11.6 Å². The lowest BCUT2D eigenvalue weighted by molar-refractivity contribution is 0.0724. The number of ether oxygens (including phenoxy) is 1. The van der Waals surface area contributed by atoms with E-state index >= 15 is 0 Å². The van der Waals surface area contributed by atoms with Crippen LogP contribution in [0.2, 0.25) is 5.02 Å². The van der Waals surface area contributed by atoms with Gasteiger partial charge in [0.1, 0.15) is 22.9 Å². The molecule has 28 heavy (non-hydrogen) atoms. The summed E-state index contributed by atoms with van der Waals surface area (Å²) in [7, 11) is 0. The van der Waals surface area contributed by atoms with E-state index in [1.54, 1.807) is 12.4 Å². The normalized spacial score (nSPS) is 10.7. The van der Waals surface area contributed by atoms with Gasteiger partial charge in [0.15, 0.2) is 5.82 Å². The summed E-state index contributed by atoms with van der Waals surface area (Å²) in [5, 5.41) is 0.447. The molecule has 7 heteroatoms. The molecule has 0 bridgehead atoms. The van der Waals surface area contributed by atoms with Crippen LogP contribution in [0, 0.1) is 11.6 Å². The molecule has 1 heterocycles. The van der Waals surface area contributed by atoms with Gasteiger partial charge in [0.05, 0.1) is 0 Å². The fourth-order valence-electron chi connectivity index (χ4n) is 2.57. The van der Waals surface area contributed by atoms with Gasteiger partial charge in [-0.2, -0.15) is 0 Å². The zero-order valence-electron chi connectivity index (χ0n) is 15.1. The Morgan fingerprint density at radius 3 is 2.25 bits per heavy atom. The van der Waals surface area contributed by atoms with Gasteiger partial charge < -0.3 is 4.74 Å². The molecule has 4 nitrogen and oxygen atoms in total. The highest BCUT2D eigenvalue weighted by molar-refractivity contribution is 6.30. The van der Waals surface area contributed by atoms with Gasteiger partial charge in [0, 0.05) is 23.0 Å². The Morgan fingerprint density at radius 1 is 1.07 bits per heavy atom. The number of carbonyl (C=O) groups excluding carboxylic acids is 1. The third-order valence-corrected chi connectivity index (χ3v) is 4.30. The van der Waals surface area contributed by atoms with Crippen LogP contribution < -0.4 is 4.74 Å². The number of unbranched alkanes of at least 4 members (excludes halogenated alkanes) is 1. The molecule has 0 saturated heterocycles. The van der Waals surface area contributed by atoms with Crippen molar-refractivity contribution in [2.45, 2.75) is 26.2 Å². The molecule has 0 saturated carbocycles. The van der Waals surface area contributed by atoms with Crippen molar-refractivity contribution in [3.05, 3.63) is 76.6 Å². The molecule has 2 aromatic carbocycles. The largest absolute Gasteiger partial charge is 0.423 e. The van der Waals surface area contributed by atoms with E-state index in [-0.39, 0.29) is 17.1 Å². The fraction of sp³-hybridized carbons (Fsp3) is 0.190. The first-order valence-electron chi connectivity index (χ1n) is 8.76. The predicted molar refractivity (Wildman–Crippen MR) is 102 cm³/mol. The molecule has 3 aromatic rings. The summed E-state index contributed by atoms with van der Waals surface area (Å²) in [5.41, 5.74) is 0.313. The highest BCUT2D eigenvalue weighted by atomic mass is 35.5. The molecule has 0 fully saturated rings. The van der Waals surface area contributed by atoms with Crippen molar-refractivity contribution < 1.29 is 18.3 Å². The smallest absolute Gasteiger partial charge is 0.349 e. The lowest BCUT2D eigenvalue weighted by Crippen LogP contribution is -2.13. The molecule has 0 N–H and O–H groups in total. The highest BCUT2D eigenvalue weighted by Gasteiger charge is 2.22. The molecule has 0 unspecified atom stereocenters. The van der Waals surface area contributed by atoms with Crippen LogP contribution in [0.25, 0.3) is 11.4 Å². The van der Waals surface area contributed by atoms with Crippen LogP contribution in [0.15, 0.2) is 48.8 Å². The van der Waals surface area contributed by atoms with Crippen LogP contribution in [-0.4, -0.2) is 15.9 Å². The standard InChI is InChI=1S/C21H17ClF2N2O2/c1-2-3-4-13-11-25-20(26-12-13)14-9-17(23)19(18(24)10-14)21(27)28-16-7-5-15(22)6-8-16/h5-12H,2-4H2,1H3. The van der Waals surface area contributed by atoms with Crippen molar-refractivity contribution in [2.24, 2.45) is 0 Å². The molecule has 0 aliphatic carbocycles. The summed E-state index contributed by atoms with van der Waals surface area (Å²) in [5.74, 6) is -2.93. The molecule has 0 amide bonds. The average molecular weight is 403 g/mol. The number of aryl methyl sites for hydroxylation is 1. The minimum absolute atomic E-state index is 0.128. The van der Waals surface area contributed by atoms with E-state index in [0.717, 1.165) is 37.0 Å². The number of hydrogen-bond acceptors (Lipinski definition) is 4. The van der Waals surface area contributed by atoms with Crippen molar-refractivity contribution in [3.8, 4) is 17.1 Å². The Labute approximate surface area is 166 Å². The first kappa shape index (κ1) is 19.9. The van der Waals surface area contributed by atoms with Crippen molar-refractivity contribution in [3.63, 3.8) is 0 Å². The number of esters is 1. The maximum Gasteiger partial charge on any atom is 0.349 e. The Bertz CT molecular complexity index is 954. The van der Waals surface area contributed by atoms with E-state index in [0.29, 0.717) is 5.02 Å². The second-order valence-corrected chi connectivity index (χ2v) is 6.61. The van der Waals surface area contributed by atoms with Crippen molar-refractivity contribution >= 4 is 17.6 Å². The lowest BCUT2D eigenvalue weighted by atomic mass is 10.1. The van der Waals surface area contributed by atoms with Gasteiger partial charge in [-0.25, -0.2) is 23.5 Å². The molecule has 0 atom stereocenters. The number of benzene rings is 2. The Balaban J connectivity index is 1.82. The van der Waals surface area contributed by atoms with Gasteiger partial charge >= 0.3 is 5.97 Å².